The first-order valence-electron chi connectivity index (χ1n) is 8.98. The molecule has 0 spiro atoms. The number of anilines is 1. The van der Waals surface area contributed by atoms with Crippen LogP contribution in [0, 0.1) is 0 Å². The van der Waals surface area contributed by atoms with Crippen LogP contribution in [0.3, 0.4) is 0 Å². The van der Waals surface area contributed by atoms with E-state index in [4.69, 9.17) is 4.98 Å². The van der Waals surface area contributed by atoms with Crippen molar-refractivity contribution in [2.24, 2.45) is 0 Å². The van der Waals surface area contributed by atoms with Crippen LogP contribution in [0.5, 0.6) is 0 Å². The Labute approximate surface area is 148 Å². The van der Waals surface area contributed by atoms with E-state index in [-0.39, 0.29) is 0 Å². The van der Waals surface area contributed by atoms with Crippen LogP contribution < -0.4 is 5.32 Å². The average molecular weight is 333 g/mol. The molecule has 1 aliphatic heterocycles. The molecule has 1 unspecified atom stereocenters. The number of pyridine rings is 3. The standard InChI is InChI=1S/C20H23N5/c1-2-25-11-3-4-17(25)14-23-20-18-7-10-22-13-16(18)12-19(24-20)15-5-8-21-9-6-15/h5-10,12-13,17H,2-4,11,14H2,1H3,(H,23,24). The molecule has 0 amide bonds. The Balaban J connectivity index is 1.67. The summed E-state index contributed by atoms with van der Waals surface area (Å²) < 4.78 is 0. The highest BCUT2D eigenvalue weighted by molar-refractivity contribution is 5.93. The van der Waals surface area contributed by atoms with Crippen molar-refractivity contribution in [2.75, 3.05) is 25.0 Å². The SMILES string of the molecule is CCN1CCCC1CNc1nc(-c2ccncc2)cc2cnccc12. The molecule has 0 bridgehead atoms. The zero-order chi connectivity index (χ0) is 17.1. The van der Waals surface area contributed by atoms with Gasteiger partial charge >= 0.3 is 0 Å². The lowest BCUT2D eigenvalue weighted by Crippen LogP contribution is -2.34. The molecule has 1 N–H and O–H groups in total. The lowest BCUT2D eigenvalue weighted by Gasteiger charge is -2.23. The lowest BCUT2D eigenvalue weighted by molar-refractivity contribution is 0.277. The summed E-state index contributed by atoms with van der Waals surface area (Å²) in [7, 11) is 0. The summed E-state index contributed by atoms with van der Waals surface area (Å²) >= 11 is 0. The van der Waals surface area contributed by atoms with E-state index in [1.54, 1.807) is 12.4 Å². The Morgan fingerprint density at radius 2 is 2.00 bits per heavy atom. The molecule has 1 aliphatic rings. The molecule has 1 atom stereocenters. The van der Waals surface area contributed by atoms with Gasteiger partial charge < -0.3 is 5.32 Å². The van der Waals surface area contributed by atoms with Gasteiger partial charge in [-0.15, -0.1) is 0 Å². The lowest BCUT2D eigenvalue weighted by atomic mass is 10.1. The van der Waals surface area contributed by atoms with E-state index < -0.39 is 0 Å². The van der Waals surface area contributed by atoms with E-state index in [1.807, 2.05) is 30.6 Å². The van der Waals surface area contributed by atoms with Crippen molar-refractivity contribution in [3.05, 3.63) is 49.1 Å². The Bertz CT molecular complexity index is 849. The molecule has 0 radical (unpaired) electrons. The number of likely N-dealkylation sites (tertiary alicyclic amines) is 1. The van der Waals surface area contributed by atoms with Crippen molar-refractivity contribution in [1.29, 1.82) is 0 Å². The van der Waals surface area contributed by atoms with E-state index in [0.29, 0.717) is 6.04 Å². The molecule has 128 valence electrons. The van der Waals surface area contributed by atoms with E-state index in [0.717, 1.165) is 40.9 Å². The predicted molar refractivity (Wildman–Crippen MR) is 102 cm³/mol. The van der Waals surface area contributed by atoms with Gasteiger partial charge in [0.15, 0.2) is 0 Å². The van der Waals surface area contributed by atoms with Gasteiger partial charge in [0.05, 0.1) is 5.69 Å². The first-order valence-corrected chi connectivity index (χ1v) is 8.98. The average Bonchev–Trinajstić information content (AvgIpc) is 3.14. The molecule has 25 heavy (non-hydrogen) atoms. The number of hydrogen-bond acceptors (Lipinski definition) is 5. The molecule has 0 saturated carbocycles. The second-order valence-corrected chi connectivity index (χ2v) is 6.49. The largest absolute Gasteiger partial charge is 0.368 e. The first kappa shape index (κ1) is 16.0. The van der Waals surface area contributed by atoms with Crippen molar-refractivity contribution in [1.82, 2.24) is 19.9 Å². The van der Waals surface area contributed by atoms with Crippen LogP contribution in [0.15, 0.2) is 49.1 Å². The number of hydrogen-bond donors (Lipinski definition) is 1. The summed E-state index contributed by atoms with van der Waals surface area (Å²) in [5.74, 6) is 0.940. The van der Waals surface area contributed by atoms with Crippen LogP contribution in [0.1, 0.15) is 19.8 Å². The smallest absolute Gasteiger partial charge is 0.134 e. The van der Waals surface area contributed by atoms with Gasteiger partial charge in [0.25, 0.3) is 0 Å². The minimum Gasteiger partial charge on any atom is -0.368 e. The van der Waals surface area contributed by atoms with Gasteiger partial charge in [0.1, 0.15) is 5.82 Å². The van der Waals surface area contributed by atoms with Crippen LogP contribution >= 0.6 is 0 Å². The molecule has 1 fully saturated rings. The monoisotopic (exact) mass is 333 g/mol. The van der Waals surface area contributed by atoms with Gasteiger partial charge in [-0.2, -0.15) is 0 Å². The molecule has 4 rings (SSSR count). The fourth-order valence-corrected chi connectivity index (χ4v) is 3.66. The quantitative estimate of drug-likeness (QED) is 0.773. The van der Waals surface area contributed by atoms with Gasteiger partial charge in [-0.1, -0.05) is 6.92 Å². The zero-order valence-electron chi connectivity index (χ0n) is 14.5. The Kier molecular flexibility index (Phi) is 4.57. The number of fused-ring (bicyclic) bond motifs is 1. The van der Waals surface area contributed by atoms with Gasteiger partial charge in [-0.05, 0) is 50.2 Å². The molecule has 5 heteroatoms. The van der Waals surface area contributed by atoms with Crippen LogP contribution in [-0.4, -0.2) is 45.5 Å². The summed E-state index contributed by atoms with van der Waals surface area (Å²) in [5, 5.41) is 5.83. The molecule has 0 aliphatic carbocycles. The van der Waals surface area contributed by atoms with Crippen molar-refractivity contribution < 1.29 is 0 Å². The fourth-order valence-electron chi connectivity index (χ4n) is 3.66. The van der Waals surface area contributed by atoms with E-state index >= 15 is 0 Å². The molecule has 3 aromatic heterocycles. The van der Waals surface area contributed by atoms with Crippen LogP contribution in [0.4, 0.5) is 5.82 Å². The van der Waals surface area contributed by atoms with E-state index in [9.17, 15) is 0 Å². The first-order chi connectivity index (χ1) is 12.3. The van der Waals surface area contributed by atoms with E-state index in [1.165, 1.54) is 19.4 Å². The van der Waals surface area contributed by atoms with Crippen molar-refractivity contribution in [3.63, 3.8) is 0 Å². The highest BCUT2D eigenvalue weighted by atomic mass is 15.2. The summed E-state index contributed by atoms with van der Waals surface area (Å²) in [6.45, 7) is 5.49. The highest BCUT2D eigenvalue weighted by Gasteiger charge is 2.22. The molecular weight excluding hydrogens is 310 g/mol. The maximum absolute atomic E-state index is 4.90. The van der Waals surface area contributed by atoms with Gasteiger partial charge in [-0.3, -0.25) is 14.9 Å². The van der Waals surface area contributed by atoms with Crippen LogP contribution in [0.25, 0.3) is 22.0 Å². The highest BCUT2D eigenvalue weighted by Crippen LogP contribution is 2.27. The minimum absolute atomic E-state index is 0.591. The third-order valence-electron chi connectivity index (χ3n) is 5.02. The Morgan fingerprint density at radius 1 is 1.16 bits per heavy atom. The molecule has 5 nitrogen and oxygen atoms in total. The maximum Gasteiger partial charge on any atom is 0.134 e. The molecule has 4 heterocycles. The van der Waals surface area contributed by atoms with Gasteiger partial charge in [-0.25, -0.2) is 4.98 Å². The topological polar surface area (TPSA) is 53.9 Å². The summed E-state index contributed by atoms with van der Waals surface area (Å²) in [6, 6.07) is 8.70. The molecular formula is C20H23N5. The zero-order valence-corrected chi connectivity index (χ0v) is 14.5. The van der Waals surface area contributed by atoms with Crippen molar-refractivity contribution >= 4 is 16.6 Å². The Hall–Kier alpha value is -2.53. The number of likely N-dealkylation sites (N-methyl/N-ethyl adjacent to an activating group) is 1. The van der Waals surface area contributed by atoms with E-state index in [2.05, 4.69) is 33.2 Å². The number of nitrogens with zero attached hydrogens (tertiary/aromatic N) is 4. The summed E-state index contributed by atoms with van der Waals surface area (Å²) in [5.41, 5.74) is 2.02. The molecule has 1 saturated heterocycles. The molecule has 3 aromatic rings. The third kappa shape index (κ3) is 3.33. The van der Waals surface area contributed by atoms with Gasteiger partial charge in [0.2, 0.25) is 0 Å². The van der Waals surface area contributed by atoms with Crippen LogP contribution in [-0.2, 0) is 0 Å². The number of nitrogens with one attached hydrogen (secondary N) is 1. The molecule has 0 aromatic carbocycles. The summed E-state index contributed by atoms with van der Waals surface area (Å²) in [4.78, 5) is 15.8. The number of rotatable bonds is 5. The predicted octanol–water partition coefficient (Wildman–Crippen LogP) is 3.59. The van der Waals surface area contributed by atoms with Crippen molar-refractivity contribution in [3.8, 4) is 11.3 Å². The number of aromatic nitrogens is 3. The van der Waals surface area contributed by atoms with Crippen molar-refractivity contribution in [2.45, 2.75) is 25.8 Å². The third-order valence-corrected chi connectivity index (χ3v) is 5.02. The second-order valence-electron chi connectivity index (χ2n) is 6.49. The maximum atomic E-state index is 4.90. The van der Waals surface area contributed by atoms with Gasteiger partial charge in [0, 0.05) is 53.7 Å². The second kappa shape index (κ2) is 7.15. The minimum atomic E-state index is 0.591. The Morgan fingerprint density at radius 3 is 2.84 bits per heavy atom. The fraction of sp³-hybridized carbons (Fsp3) is 0.350. The van der Waals surface area contributed by atoms with Crippen LogP contribution in [0.2, 0.25) is 0 Å². The summed E-state index contributed by atoms with van der Waals surface area (Å²) in [6.07, 6.45) is 9.88. The normalized spacial score (nSPS) is 17.9.